The predicted octanol–water partition coefficient (Wildman–Crippen LogP) is 1.71. The van der Waals surface area contributed by atoms with E-state index in [9.17, 15) is 4.79 Å². The average Bonchev–Trinajstić information content (AvgIpc) is 3.10. The van der Waals surface area contributed by atoms with E-state index < -0.39 is 0 Å². The van der Waals surface area contributed by atoms with Crippen molar-refractivity contribution in [1.29, 1.82) is 0 Å². The normalized spacial score (nSPS) is 17.2. The molecule has 1 fully saturated rings. The maximum atomic E-state index is 12.7. The molecule has 1 saturated heterocycles. The molecule has 1 amide bonds. The standard InChI is InChI=1S/C17H15N5O2/c23-17(12-3-4-14-15(10-12)19-8-7-18-14)22-9-5-13(11-22)24-16-2-1-6-20-21-16/h1-4,6-8,10,13H,5,9,11H2. The van der Waals surface area contributed by atoms with Gasteiger partial charge in [0, 0.05) is 43.2 Å². The minimum atomic E-state index is -0.0640. The van der Waals surface area contributed by atoms with Crippen molar-refractivity contribution >= 4 is 16.9 Å². The van der Waals surface area contributed by atoms with Crippen LogP contribution in [0.2, 0.25) is 0 Å². The molecule has 120 valence electrons. The van der Waals surface area contributed by atoms with Gasteiger partial charge < -0.3 is 9.64 Å². The van der Waals surface area contributed by atoms with Crippen LogP contribution in [0.15, 0.2) is 48.9 Å². The highest BCUT2D eigenvalue weighted by atomic mass is 16.5. The number of likely N-dealkylation sites (tertiary alicyclic amines) is 1. The second-order valence-corrected chi connectivity index (χ2v) is 5.60. The molecule has 0 spiro atoms. The number of rotatable bonds is 3. The first kappa shape index (κ1) is 14.5. The molecule has 1 aliphatic rings. The van der Waals surface area contributed by atoms with Crippen LogP contribution >= 0.6 is 0 Å². The van der Waals surface area contributed by atoms with Crippen LogP contribution in [-0.2, 0) is 0 Å². The number of ether oxygens (including phenoxy) is 1. The van der Waals surface area contributed by atoms with Gasteiger partial charge in [-0.2, -0.15) is 5.10 Å². The van der Waals surface area contributed by atoms with Crippen molar-refractivity contribution in [2.45, 2.75) is 12.5 Å². The van der Waals surface area contributed by atoms with Crippen LogP contribution < -0.4 is 4.74 Å². The number of hydrogen-bond donors (Lipinski definition) is 0. The summed E-state index contributed by atoms with van der Waals surface area (Å²) in [4.78, 5) is 22.9. The molecule has 1 unspecified atom stereocenters. The van der Waals surface area contributed by atoms with Gasteiger partial charge in [-0.25, -0.2) is 0 Å². The zero-order chi connectivity index (χ0) is 16.4. The Bertz CT molecular complexity index is 871. The summed E-state index contributed by atoms with van der Waals surface area (Å²) in [6, 6.07) is 8.92. The van der Waals surface area contributed by atoms with Gasteiger partial charge in [-0.3, -0.25) is 14.8 Å². The molecular formula is C17H15N5O2. The van der Waals surface area contributed by atoms with Gasteiger partial charge in [0.05, 0.1) is 17.6 Å². The van der Waals surface area contributed by atoms with E-state index in [2.05, 4.69) is 20.2 Å². The zero-order valence-electron chi connectivity index (χ0n) is 12.9. The summed E-state index contributed by atoms with van der Waals surface area (Å²) in [7, 11) is 0. The number of carbonyl (C=O) groups is 1. The third kappa shape index (κ3) is 2.88. The highest BCUT2D eigenvalue weighted by Crippen LogP contribution is 2.19. The summed E-state index contributed by atoms with van der Waals surface area (Å²) in [5.41, 5.74) is 2.11. The number of amides is 1. The predicted molar refractivity (Wildman–Crippen MR) is 86.5 cm³/mol. The largest absolute Gasteiger partial charge is 0.471 e. The first-order valence-corrected chi connectivity index (χ1v) is 7.74. The number of fused-ring (bicyclic) bond motifs is 1. The van der Waals surface area contributed by atoms with E-state index in [1.165, 1.54) is 0 Å². The molecule has 0 aliphatic carbocycles. The molecule has 4 rings (SSSR count). The second kappa shape index (κ2) is 6.19. The summed E-state index contributed by atoms with van der Waals surface area (Å²) in [6.45, 7) is 1.19. The van der Waals surface area contributed by atoms with Crippen molar-refractivity contribution in [2.75, 3.05) is 13.1 Å². The van der Waals surface area contributed by atoms with Crippen LogP contribution in [0.3, 0.4) is 0 Å². The number of aromatic nitrogens is 4. The SMILES string of the molecule is O=C(c1ccc2nccnc2c1)N1CCC(Oc2cccnn2)C1. The third-order valence-electron chi connectivity index (χ3n) is 3.98. The molecule has 7 nitrogen and oxygen atoms in total. The van der Waals surface area contributed by atoms with Crippen molar-refractivity contribution in [3.05, 3.63) is 54.5 Å². The molecule has 7 heteroatoms. The molecule has 0 bridgehead atoms. The summed E-state index contributed by atoms with van der Waals surface area (Å²) in [6.07, 6.45) is 5.57. The van der Waals surface area contributed by atoms with Gasteiger partial charge in [0.15, 0.2) is 0 Å². The Morgan fingerprint density at radius 2 is 2.00 bits per heavy atom. The van der Waals surface area contributed by atoms with Crippen LogP contribution in [-0.4, -0.2) is 50.2 Å². The molecule has 1 aromatic carbocycles. The van der Waals surface area contributed by atoms with Gasteiger partial charge in [-0.1, -0.05) is 0 Å². The summed E-state index contributed by atoms with van der Waals surface area (Å²) in [5, 5.41) is 7.70. The number of benzene rings is 1. The number of hydrogen-bond acceptors (Lipinski definition) is 6. The van der Waals surface area contributed by atoms with E-state index in [0.29, 0.717) is 24.5 Å². The number of nitrogens with zero attached hydrogens (tertiary/aromatic N) is 5. The fourth-order valence-corrected chi connectivity index (χ4v) is 2.81. The van der Waals surface area contributed by atoms with Crippen LogP contribution in [0.1, 0.15) is 16.8 Å². The maximum Gasteiger partial charge on any atom is 0.254 e. The lowest BCUT2D eigenvalue weighted by atomic mass is 10.1. The van der Waals surface area contributed by atoms with Crippen molar-refractivity contribution in [3.63, 3.8) is 0 Å². The summed E-state index contributed by atoms with van der Waals surface area (Å²) < 4.78 is 5.77. The Morgan fingerprint density at radius 1 is 1.12 bits per heavy atom. The van der Waals surface area contributed by atoms with Gasteiger partial charge in [-0.05, 0) is 24.3 Å². The van der Waals surface area contributed by atoms with E-state index >= 15 is 0 Å². The molecule has 3 heterocycles. The minimum absolute atomic E-state index is 0.0206. The lowest BCUT2D eigenvalue weighted by Gasteiger charge is -2.17. The Labute approximate surface area is 138 Å². The summed E-state index contributed by atoms with van der Waals surface area (Å²) in [5.74, 6) is 0.463. The highest BCUT2D eigenvalue weighted by molar-refractivity contribution is 5.97. The van der Waals surface area contributed by atoms with Gasteiger partial charge in [0.1, 0.15) is 6.10 Å². The van der Waals surface area contributed by atoms with Gasteiger partial charge >= 0.3 is 0 Å². The van der Waals surface area contributed by atoms with Crippen LogP contribution in [0.25, 0.3) is 11.0 Å². The zero-order valence-corrected chi connectivity index (χ0v) is 12.9. The smallest absolute Gasteiger partial charge is 0.254 e. The van der Waals surface area contributed by atoms with Gasteiger partial charge in [-0.15, -0.1) is 5.10 Å². The molecule has 2 aromatic heterocycles. The average molecular weight is 321 g/mol. The van der Waals surface area contributed by atoms with E-state index in [0.717, 1.165) is 17.5 Å². The Kier molecular flexibility index (Phi) is 3.74. The van der Waals surface area contributed by atoms with E-state index in [-0.39, 0.29) is 12.0 Å². The molecule has 0 N–H and O–H groups in total. The topological polar surface area (TPSA) is 81.1 Å². The Balaban J connectivity index is 1.46. The Hall–Kier alpha value is -3.09. The van der Waals surface area contributed by atoms with Crippen LogP contribution in [0.5, 0.6) is 5.88 Å². The molecule has 24 heavy (non-hydrogen) atoms. The Morgan fingerprint density at radius 3 is 2.83 bits per heavy atom. The summed E-state index contributed by atoms with van der Waals surface area (Å²) >= 11 is 0. The molecular weight excluding hydrogens is 306 g/mol. The maximum absolute atomic E-state index is 12.7. The second-order valence-electron chi connectivity index (χ2n) is 5.60. The van der Waals surface area contributed by atoms with Crippen molar-refractivity contribution in [1.82, 2.24) is 25.1 Å². The van der Waals surface area contributed by atoms with E-state index in [4.69, 9.17) is 4.74 Å². The van der Waals surface area contributed by atoms with E-state index in [1.807, 2.05) is 6.07 Å². The van der Waals surface area contributed by atoms with Crippen molar-refractivity contribution in [3.8, 4) is 5.88 Å². The molecule has 0 radical (unpaired) electrons. The van der Waals surface area contributed by atoms with E-state index in [1.54, 1.807) is 47.8 Å². The van der Waals surface area contributed by atoms with Crippen LogP contribution in [0, 0.1) is 0 Å². The number of carbonyl (C=O) groups excluding carboxylic acids is 1. The van der Waals surface area contributed by atoms with Crippen molar-refractivity contribution in [2.24, 2.45) is 0 Å². The quantitative estimate of drug-likeness (QED) is 0.730. The molecule has 1 aliphatic heterocycles. The lowest BCUT2D eigenvalue weighted by Crippen LogP contribution is -2.31. The van der Waals surface area contributed by atoms with Gasteiger partial charge in [0.25, 0.3) is 5.91 Å². The molecule has 1 atom stereocenters. The first-order valence-electron chi connectivity index (χ1n) is 7.74. The monoisotopic (exact) mass is 321 g/mol. The van der Waals surface area contributed by atoms with Gasteiger partial charge in [0.2, 0.25) is 5.88 Å². The first-order chi connectivity index (χ1) is 11.8. The molecule has 0 saturated carbocycles. The fraction of sp³-hybridized carbons (Fsp3) is 0.235. The minimum Gasteiger partial charge on any atom is -0.471 e. The lowest BCUT2D eigenvalue weighted by molar-refractivity contribution is 0.0771. The van der Waals surface area contributed by atoms with Crippen LogP contribution in [0.4, 0.5) is 0 Å². The fourth-order valence-electron chi connectivity index (χ4n) is 2.81. The third-order valence-corrected chi connectivity index (χ3v) is 3.98. The molecule has 3 aromatic rings. The highest BCUT2D eigenvalue weighted by Gasteiger charge is 2.28. The van der Waals surface area contributed by atoms with Crippen molar-refractivity contribution < 1.29 is 9.53 Å².